The van der Waals surface area contributed by atoms with E-state index in [0.717, 1.165) is 0 Å². The molecule has 0 saturated heterocycles. The largest absolute Gasteiger partial charge is 0.493 e. The summed E-state index contributed by atoms with van der Waals surface area (Å²) in [6.07, 6.45) is 3.14. The van der Waals surface area contributed by atoms with Crippen molar-refractivity contribution >= 4 is 5.69 Å². The number of hydrogen-bond donors (Lipinski definition) is 1. The minimum Gasteiger partial charge on any atom is -0.493 e. The lowest BCUT2D eigenvalue weighted by Gasteiger charge is -2.12. The van der Waals surface area contributed by atoms with Gasteiger partial charge in [0, 0.05) is 30.2 Å². The van der Waals surface area contributed by atoms with Gasteiger partial charge in [-0.05, 0) is 26.0 Å². The van der Waals surface area contributed by atoms with Gasteiger partial charge in [0.1, 0.15) is 0 Å². The number of nitrogens with zero attached hydrogens (tertiary/aromatic N) is 2. The molecule has 0 aliphatic carbocycles. The second-order valence-corrected chi connectivity index (χ2v) is 4.55. The number of hydrogen-bond acceptors (Lipinski definition) is 5. The van der Waals surface area contributed by atoms with Gasteiger partial charge in [-0.2, -0.15) is 0 Å². The highest BCUT2D eigenvalue weighted by atomic mass is 16.5. The smallest absolute Gasteiger partial charge is 0.313 e. The van der Waals surface area contributed by atoms with Crippen LogP contribution < -0.4 is 20.8 Å². The van der Waals surface area contributed by atoms with Gasteiger partial charge in [0.05, 0.1) is 7.11 Å². The summed E-state index contributed by atoms with van der Waals surface area (Å²) in [6, 6.07) is 4.98. The van der Waals surface area contributed by atoms with Crippen molar-refractivity contribution < 1.29 is 9.47 Å². The van der Waals surface area contributed by atoms with Crippen LogP contribution in [0.15, 0.2) is 35.4 Å². The first-order valence-corrected chi connectivity index (χ1v) is 6.21. The average Bonchev–Trinajstić information content (AvgIpc) is 2.41. The summed E-state index contributed by atoms with van der Waals surface area (Å²) in [4.78, 5) is 16.2. The van der Waals surface area contributed by atoms with E-state index in [1.165, 1.54) is 13.3 Å². The van der Waals surface area contributed by atoms with Crippen LogP contribution in [0.1, 0.15) is 19.9 Å². The molecular formula is C14H17N3O3. The van der Waals surface area contributed by atoms with Gasteiger partial charge in [0.25, 0.3) is 5.88 Å². The first-order chi connectivity index (χ1) is 9.52. The number of nitrogen functional groups attached to an aromatic ring is 1. The third kappa shape index (κ3) is 2.74. The van der Waals surface area contributed by atoms with Crippen LogP contribution in [0.5, 0.6) is 17.4 Å². The molecule has 0 bridgehead atoms. The highest BCUT2D eigenvalue weighted by Crippen LogP contribution is 2.31. The van der Waals surface area contributed by atoms with Gasteiger partial charge in [-0.3, -0.25) is 4.79 Å². The molecule has 0 aliphatic heterocycles. The lowest BCUT2D eigenvalue weighted by Crippen LogP contribution is -2.23. The van der Waals surface area contributed by atoms with Crippen molar-refractivity contribution in [3.05, 3.63) is 40.9 Å². The van der Waals surface area contributed by atoms with E-state index in [0.29, 0.717) is 17.2 Å². The average molecular weight is 275 g/mol. The monoisotopic (exact) mass is 275 g/mol. The van der Waals surface area contributed by atoms with Crippen LogP contribution in [-0.4, -0.2) is 16.7 Å². The molecule has 106 valence electrons. The zero-order valence-electron chi connectivity index (χ0n) is 11.7. The van der Waals surface area contributed by atoms with Crippen LogP contribution in [0, 0.1) is 0 Å². The van der Waals surface area contributed by atoms with E-state index in [1.54, 1.807) is 29.0 Å². The molecule has 2 aromatic rings. The van der Waals surface area contributed by atoms with E-state index in [-0.39, 0.29) is 17.5 Å². The summed E-state index contributed by atoms with van der Waals surface area (Å²) in [5.74, 6) is 0.837. The van der Waals surface area contributed by atoms with Crippen molar-refractivity contribution in [1.29, 1.82) is 0 Å². The zero-order valence-corrected chi connectivity index (χ0v) is 11.7. The molecule has 0 atom stereocenters. The van der Waals surface area contributed by atoms with Crippen LogP contribution >= 0.6 is 0 Å². The van der Waals surface area contributed by atoms with Crippen molar-refractivity contribution in [2.24, 2.45) is 0 Å². The molecule has 6 heteroatoms. The molecule has 1 aromatic carbocycles. The van der Waals surface area contributed by atoms with Crippen molar-refractivity contribution in [2.45, 2.75) is 19.9 Å². The molecule has 1 aromatic heterocycles. The number of methoxy groups -OCH3 is 1. The van der Waals surface area contributed by atoms with Crippen molar-refractivity contribution in [3.8, 4) is 17.4 Å². The number of anilines is 1. The van der Waals surface area contributed by atoms with Crippen molar-refractivity contribution in [1.82, 2.24) is 9.55 Å². The van der Waals surface area contributed by atoms with Gasteiger partial charge in [-0.1, -0.05) is 0 Å². The summed E-state index contributed by atoms with van der Waals surface area (Å²) in [5, 5.41) is 0. The Morgan fingerprint density at radius 1 is 1.30 bits per heavy atom. The third-order valence-electron chi connectivity index (χ3n) is 2.79. The number of rotatable bonds is 4. The first kappa shape index (κ1) is 13.9. The van der Waals surface area contributed by atoms with Gasteiger partial charge in [0.15, 0.2) is 11.5 Å². The van der Waals surface area contributed by atoms with Crippen LogP contribution in [0.4, 0.5) is 5.69 Å². The maximum atomic E-state index is 12.2. The van der Waals surface area contributed by atoms with E-state index < -0.39 is 0 Å². The van der Waals surface area contributed by atoms with E-state index in [9.17, 15) is 4.79 Å². The van der Waals surface area contributed by atoms with Crippen molar-refractivity contribution in [3.63, 3.8) is 0 Å². The molecule has 0 unspecified atom stereocenters. The zero-order chi connectivity index (χ0) is 14.7. The van der Waals surface area contributed by atoms with Gasteiger partial charge >= 0.3 is 5.56 Å². The molecule has 0 amide bonds. The summed E-state index contributed by atoms with van der Waals surface area (Å²) >= 11 is 0. The number of aromatic nitrogens is 2. The predicted molar refractivity (Wildman–Crippen MR) is 76.4 cm³/mol. The Hall–Kier alpha value is -2.50. The van der Waals surface area contributed by atoms with E-state index >= 15 is 0 Å². The minimum atomic E-state index is -0.299. The Bertz CT molecular complexity index is 665. The van der Waals surface area contributed by atoms with Crippen LogP contribution in [0.2, 0.25) is 0 Å². The van der Waals surface area contributed by atoms with E-state index in [1.807, 2.05) is 13.8 Å². The molecule has 0 aliphatic rings. The van der Waals surface area contributed by atoms with E-state index in [4.69, 9.17) is 15.2 Å². The standard InChI is InChI=1S/C14H17N3O3/c1-9(2)17-7-6-16-13(14(17)18)20-12-8-10(15)4-5-11(12)19-3/h4-9H,15H2,1-3H3. The Morgan fingerprint density at radius 2 is 2.05 bits per heavy atom. The second-order valence-electron chi connectivity index (χ2n) is 4.55. The van der Waals surface area contributed by atoms with Gasteiger partial charge in [0.2, 0.25) is 0 Å². The van der Waals surface area contributed by atoms with Gasteiger partial charge in [-0.25, -0.2) is 4.98 Å². The summed E-state index contributed by atoms with van der Waals surface area (Å²) in [6.45, 7) is 3.82. The highest BCUT2D eigenvalue weighted by Gasteiger charge is 2.12. The number of nitrogens with two attached hydrogens (primary N) is 1. The number of benzene rings is 1. The molecule has 20 heavy (non-hydrogen) atoms. The number of ether oxygens (including phenoxy) is 2. The van der Waals surface area contributed by atoms with Crippen molar-refractivity contribution in [2.75, 3.05) is 12.8 Å². The Balaban J connectivity index is 2.43. The van der Waals surface area contributed by atoms with E-state index in [2.05, 4.69) is 4.98 Å². The molecule has 0 radical (unpaired) electrons. The normalized spacial score (nSPS) is 10.6. The quantitative estimate of drug-likeness (QED) is 0.865. The van der Waals surface area contributed by atoms with Gasteiger partial charge < -0.3 is 19.8 Å². The lowest BCUT2D eigenvalue weighted by atomic mass is 10.3. The SMILES string of the molecule is COc1ccc(N)cc1Oc1nccn(C(C)C)c1=O. The molecule has 2 N–H and O–H groups in total. The summed E-state index contributed by atoms with van der Waals surface area (Å²) in [5.41, 5.74) is 5.93. The Morgan fingerprint density at radius 3 is 2.70 bits per heavy atom. The van der Waals surface area contributed by atoms with Gasteiger partial charge in [-0.15, -0.1) is 0 Å². The minimum absolute atomic E-state index is 0.00917. The molecule has 0 fully saturated rings. The maximum absolute atomic E-state index is 12.2. The Labute approximate surface area is 116 Å². The molecule has 0 spiro atoms. The van der Waals surface area contributed by atoms with Crippen LogP contribution in [0.3, 0.4) is 0 Å². The van der Waals surface area contributed by atoms with Crippen LogP contribution in [-0.2, 0) is 0 Å². The fourth-order valence-electron chi connectivity index (χ4n) is 1.76. The molecule has 2 rings (SSSR count). The lowest BCUT2D eigenvalue weighted by molar-refractivity contribution is 0.369. The highest BCUT2D eigenvalue weighted by molar-refractivity contribution is 5.52. The first-order valence-electron chi connectivity index (χ1n) is 6.21. The topological polar surface area (TPSA) is 79.4 Å². The molecular weight excluding hydrogens is 258 g/mol. The predicted octanol–water partition coefficient (Wildman–Crippen LogP) is 2.21. The summed E-state index contributed by atoms with van der Waals surface area (Å²) in [7, 11) is 1.52. The molecule has 0 saturated carbocycles. The molecule has 1 heterocycles. The third-order valence-corrected chi connectivity index (χ3v) is 2.79. The second kappa shape index (κ2) is 5.64. The summed E-state index contributed by atoms with van der Waals surface area (Å²) < 4.78 is 12.3. The van der Waals surface area contributed by atoms with Crippen LogP contribution in [0.25, 0.3) is 0 Å². The fourth-order valence-corrected chi connectivity index (χ4v) is 1.76. The Kier molecular flexibility index (Phi) is 3.93. The molecule has 6 nitrogen and oxygen atoms in total. The maximum Gasteiger partial charge on any atom is 0.313 e. The fraction of sp³-hybridized carbons (Fsp3) is 0.286.